The van der Waals surface area contributed by atoms with E-state index in [1.54, 1.807) is 19.1 Å². The van der Waals surface area contributed by atoms with E-state index >= 15 is 0 Å². The molecule has 0 heterocycles. The fraction of sp³-hybridized carbons (Fsp3) is 0.400. The Hall–Kier alpha value is -2.25. The third-order valence-corrected chi connectivity index (χ3v) is 5.12. The molecule has 1 fully saturated rings. The highest BCUT2D eigenvalue weighted by molar-refractivity contribution is 6.35. The molecule has 5 heteroatoms. The molecular formula is C20H21ClN2O2. The lowest BCUT2D eigenvalue weighted by Crippen LogP contribution is -2.52. The highest BCUT2D eigenvalue weighted by atomic mass is 35.5. The molecule has 0 spiro atoms. The van der Waals surface area contributed by atoms with Gasteiger partial charge in [-0.15, -0.1) is 0 Å². The first-order valence-electron chi connectivity index (χ1n) is 8.62. The normalized spacial score (nSPS) is 17.5. The van der Waals surface area contributed by atoms with Crippen LogP contribution in [0.5, 0.6) is 5.75 Å². The van der Waals surface area contributed by atoms with Gasteiger partial charge in [-0.2, -0.15) is 5.26 Å². The summed E-state index contributed by atoms with van der Waals surface area (Å²) in [6, 6.07) is 13.5. The zero-order valence-electron chi connectivity index (χ0n) is 14.2. The van der Waals surface area contributed by atoms with Crippen molar-refractivity contribution in [1.29, 1.82) is 5.26 Å². The average molecular weight is 357 g/mol. The minimum atomic E-state index is -0.755. The molecule has 1 saturated carbocycles. The highest BCUT2D eigenvalue weighted by Gasteiger charge is 2.35. The highest BCUT2D eigenvalue weighted by Crippen LogP contribution is 2.32. The minimum absolute atomic E-state index is 0.262. The van der Waals surface area contributed by atoms with Crippen LogP contribution in [0.3, 0.4) is 0 Å². The standard InChI is InChI=1S/C20H21ClN2O2/c1-14(19(24)23-20(13-22)11-5-2-6-12-20)25-18-10-9-17(21)15-7-3-4-8-16(15)18/h3-4,7-10,14H,2,5-6,11-12H2,1H3,(H,23,24)/t14-/m1/s1. The first kappa shape index (κ1) is 17.6. The van der Waals surface area contributed by atoms with Gasteiger partial charge in [-0.25, -0.2) is 0 Å². The third kappa shape index (κ3) is 3.72. The summed E-state index contributed by atoms with van der Waals surface area (Å²) in [5, 5.41) is 14.8. The number of hydrogen-bond donors (Lipinski definition) is 1. The number of fused-ring (bicyclic) bond motifs is 1. The lowest BCUT2D eigenvalue weighted by Gasteiger charge is -2.32. The van der Waals surface area contributed by atoms with E-state index in [4.69, 9.17) is 16.3 Å². The Labute approximate surface area is 152 Å². The molecule has 0 aliphatic heterocycles. The molecule has 1 amide bonds. The van der Waals surface area contributed by atoms with Crippen molar-refractivity contribution in [2.24, 2.45) is 0 Å². The summed E-state index contributed by atoms with van der Waals surface area (Å²) < 4.78 is 5.90. The average Bonchev–Trinajstić information content (AvgIpc) is 2.65. The van der Waals surface area contributed by atoms with Crippen molar-refractivity contribution >= 4 is 28.3 Å². The van der Waals surface area contributed by atoms with Gasteiger partial charge in [-0.3, -0.25) is 4.79 Å². The number of carbonyl (C=O) groups is 1. The van der Waals surface area contributed by atoms with E-state index in [1.807, 2.05) is 24.3 Å². The second kappa shape index (κ2) is 7.33. The smallest absolute Gasteiger partial charge is 0.262 e. The molecule has 0 saturated heterocycles. The van der Waals surface area contributed by atoms with E-state index in [0.717, 1.165) is 30.0 Å². The molecule has 3 rings (SSSR count). The topological polar surface area (TPSA) is 62.1 Å². The van der Waals surface area contributed by atoms with E-state index in [9.17, 15) is 10.1 Å². The lowest BCUT2D eigenvalue weighted by atomic mass is 9.83. The van der Waals surface area contributed by atoms with Crippen molar-refractivity contribution in [3.63, 3.8) is 0 Å². The molecule has 1 aliphatic carbocycles. The first-order valence-corrected chi connectivity index (χ1v) is 9.00. The van der Waals surface area contributed by atoms with Gasteiger partial charge in [0, 0.05) is 15.8 Å². The maximum absolute atomic E-state index is 12.6. The molecule has 0 unspecified atom stereocenters. The van der Waals surface area contributed by atoms with Gasteiger partial charge in [0.1, 0.15) is 11.3 Å². The van der Waals surface area contributed by atoms with Crippen LogP contribution >= 0.6 is 11.6 Å². The van der Waals surface area contributed by atoms with Crippen LogP contribution < -0.4 is 10.1 Å². The quantitative estimate of drug-likeness (QED) is 0.870. The van der Waals surface area contributed by atoms with Crippen LogP contribution in [-0.2, 0) is 4.79 Å². The molecule has 0 radical (unpaired) electrons. The van der Waals surface area contributed by atoms with Crippen LogP contribution in [0.4, 0.5) is 0 Å². The van der Waals surface area contributed by atoms with Gasteiger partial charge in [0.2, 0.25) is 0 Å². The molecule has 1 N–H and O–H groups in total. The summed E-state index contributed by atoms with van der Waals surface area (Å²) in [6.07, 6.45) is 3.74. The number of carbonyl (C=O) groups excluding carboxylic acids is 1. The van der Waals surface area contributed by atoms with Crippen LogP contribution in [0, 0.1) is 11.3 Å². The summed E-state index contributed by atoms with van der Waals surface area (Å²) in [5.74, 6) is 0.347. The zero-order chi connectivity index (χ0) is 17.9. The number of nitrogens with one attached hydrogen (secondary N) is 1. The zero-order valence-corrected chi connectivity index (χ0v) is 15.0. The number of nitriles is 1. The summed E-state index contributed by atoms with van der Waals surface area (Å²) in [5.41, 5.74) is -0.755. The van der Waals surface area contributed by atoms with Gasteiger partial charge >= 0.3 is 0 Å². The van der Waals surface area contributed by atoms with Gasteiger partial charge in [-0.1, -0.05) is 55.1 Å². The predicted octanol–water partition coefficient (Wildman–Crippen LogP) is 4.60. The van der Waals surface area contributed by atoms with Crippen LogP contribution in [0.25, 0.3) is 10.8 Å². The number of ether oxygens (including phenoxy) is 1. The van der Waals surface area contributed by atoms with Crippen LogP contribution in [0.1, 0.15) is 39.0 Å². The van der Waals surface area contributed by atoms with Crippen molar-refractivity contribution < 1.29 is 9.53 Å². The Balaban J connectivity index is 1.76. The monoisotopic (exact) mass is 356 g/mol. The summed E-state index contributed by atoms with van der Waals surface area (Å²) in [4.78, 5) is 12.6. The fourth-order valence-electron chi connectivity index (χ4n) is 3.34. The number of hydrogen-bond acceptors (Lipinski definition) is 3. The summed E-state index contributed by atoms with van der Waals surface area (Å²) in [6.45, 7) is 1.70. The van der Waals surface area contributed by atoms with Gasteiger partial charge in [0.05, 0.1) is 6.07 Å². The largest absolute Gasteiger partial charge is 0.480 e. The van der Waals surface area contributed by atoms with Crippen LogP contribution in [0.2, 0.25) is 5.02 Å². The second-order valence-electron chi connectivity index (χ2n) is 6.60. The molecule has 1 atom stereocenters. The maximum atomic E-state index is 12.6. The molecule has 2 aromatic rings. The molecule has 2 aromatic carbocycles. The summed E-state index contributed by atoms with van der Waals surface area (Å²) >= 11 is 6.22. The Bertz CT molecular complexity index is 822. The van der Waals surface area contributed by atoms with E-state index in [-0.39, 0.29) is 5.91 Å². The van der Waals surface area contributed by atoms with E-state index in [0.29, 0.717) is 23.6 Å². The van der Waals surface area contributed by atoms with E-state index < -0.39 is 11.6 Å². The Morgan fingerprint density at radius 1 is 1.20 bits per heavy atom. The Morgan fingerprint density at radius 3 is 2.56 bits per heavy atom. The van der Waals surface area contributed by atoms with Gasteiger partial charge in [0.25, 0.3) is 5.91 Å². The van der Waals surface area contributed by atoms with Gasteiger partial charge in [-0.05, 0) is 31.9 Å². The number of benzene rings is 2. The van der Waals surface area contributed by atoms with Gasteiger partial charge in [0.15, 0.2) is 6.10 Å². The predicted molar refractivity (Wildman–Crippen MR) is 98.6 cm³/mol. The Morgan fingerprint density at radius 2 is 1.88 bits per heavy atom. The SMILES string of the molecule is C[C@@H](Oc1ccc(Cl)c2ccccc12)C(=O)NC1(C#N)CCCCC1. The van der Waals surface area contributed by atoms with Crippen LogP contribution in [-0.4, -0.2) is 17.6 Å². The number of amides is 1. The second-order valence-corrected chi connectivity index (χ2v) is 7.00. The maximum Gasteiger partial charge on any atom is 0.262 e. The van der Waals surface area contributed by atoms with Crippen LogP contribution in [0.15, 0.2) is 36.4 Å². The van der Waals surface area contributed by atoms with Crippen molar-refractivity contribution in [3.8, 4) is 11.8 Å². The lowest BCUT2D eigenvalue weighted by molar-refractivity contribution is -0.129. The molecule has 4 nitrogen and oxygen atoms in total. The van der Waals surface area contributed by atoms with E-state index in [2.05, 4.69) is 11.4 Å². The molecule has 0 bridgehead atoms. The van der Waals surface area contributed by atoms with Crippen molar-refractivity contribution in [2.45, 2.75) is 50.7 Å². The van der Waals surface area contributed by atoms with Gasteiger partial charge < -0.3 is 10.1 Å². The molecule has 0 aromatic heterocycles. The number of rotatable bonds is 4. The molecule has 1 aliphatic rings. The summed E-state index contributed by atoms with van der Waals surface area (Å²) in [7, 11) is 0. The van der Waals surface area contributed by atoms with E-state index in [1.165, 1.54) is 0 Å². The fourth-order valence-corrected chi connectivity index (χ4v) is 3.57. The molecule has 25 heavy (non-hydrogen) atoms. The Kier molecular flexibility index (Phi) is 5.15. The van der Waals surface area contributed by atoms with Crippen molar-refractivity contribution in [2.75, 3.05) is 0 Å². The number of nitrogens with zero attached hydrogens (tertiary/aromatic N) is 1. The number of halogens is 1. The third-order valence-electron chi connectivity index (χ3n) is 4.79. The van der Waals surface area contributed by atoms with Crippen molar-refractivity contribution in [3.05, 3.63) is 41.4 Å². The molecular weight excluding hydrogens is 336 g/mol. The minimum Gasteiger partial charge on any atom is -0.480 e. The van der Waals surface area contributed by atoms with Crippen molar-refractivity contribution in [1.82, 2.24) is 5.32 Å². The molecule has 130 valence electrons. The first-order chi connectivity index (χ1) is 12.0.